The number of nitro benzene ring substituents is 1. The van der Waals surface area contributed by atoms with Gasteiger partial charge in [0.2, 0.25) is 0 Å². The van der Waals surface area contributed by atoms with Crippen LogP contribution in [0.1, 0.15) is 23.6 Å². The van der Waals surface area contributed by atoms with Crippen LogP contribution < -0.4 is 10.2 Å². The minimum Gasteiger partial charge on any atom is -0.484 e. The van der Waals surface area contributed by atoms with Crippen LogP contribution in [-0.4, -0.2) is 23.1 Å². The molecule has 2 aromatic rings. The van der Waals surface area contributed by atoms with Gasteiger partial charge in [-0.25, -0.2) is 5.43 Å². The highest BCUT2D eigenvalue weighted by Gasteiger charge is 2.14. The van der Waals surface area contributed by atoms with Crippen LogP contribution in [0.15, 0.2) is 47.6 Å². The monoisotopic (exact) mass is 341 g/mol. The molecule has 0 unspecified atom stereocenters. The van der Waals surface area contributed by atoms with E-state index >= 15 is 0 Å². The van der Waals surface area contributed by atoms with E-state index in [-0.39, 0.29) is 12.3 Å². The molecule has 0 saturated heterocycles. The number of hydrazone groups is 1. The lowest BCUT2D eigenvalue weighted by Gasteiger charge is -2.08. The predicted octanol–water partition coefficient (Wildman–Crippen LogP) is 3.13. The van der Waals surface area contributed by atoms with E-state index in [1.807, 2.05) is 32.0 Å². The molecule has 0 saturated carbocycles. The van der Waals surface area contributed by atoms with Crippen molar-refractivity contribution in [3.63, 3.8) is 0 Å². The third-order valence-electron chi connectivity index (χ3n) is 3.40. The van der Waals surface area contributed by atoms with Gasteiger partial charge in [0, 0.05) is 6.07 Å². The first-order chi connectivity index (χ1) is 11.9. The van der Waals surface area contributed by atoms with Crippen molar-refractivity contribution in [2.24, 2.45) is 5.10 Å². The Morgan fingerprint density at radius 2 is 1.84 bits per heavy atom. The molecule has 7 heteroatoms. The maximum atomic E-state index is 11.9. The van der Waals surface area contributed by atoms with E-state index in [1.165, 1.54) is 6.07 Å². The van der Waals surface area contributed by atoms with Crippen LogP contribution in [0.4, 0.5) is 5.69 Å². The van der Waals surface area contributed by atoms with E-state index in [1.54, 1.807) is 25.1 Å². The Bertz CT molecular complexity index is 811. The zero-order valence-electron chi connectivity index (χ0n) is 14.3. The number of benzene rings is 2. The number of nitrogens with zero attached hydrogens (tertiary/aromatic N) is 2. The zero-order chi connectivity index (χ0) is 18.4. The molecule has 130 valence electrons. The van der Waals surface area contributed by atoms with Gasteiger partial charge in [0.15, 0.2) is 6.61 Å². The summed E-state index contributed by atoms with van der Waals surface area (Å²) >= 11 is 0. The van der Waals surface area contributed by atoms with E-state index in [2.05, 4.69) is 10.5 Å². The Kier molecular flexibility index (Phi) is 5.84. The van der Waals surface area contributed by atoms with Crippen molar-refractivity contribution in [2.75, 3.05) is 6.61 Å². The Morgan fingerprint density at radius 3 is 2.48 bits per heavy atom. The molecule has 0 spiro atoms. The quantitative estimate of drug-likeness (QED) is 0.496. The van der Waals surface area contributed by atoms with E-state index in [4.69, 9.17) is 4.74 Å². The minimum absolute atomic E-state index is 0.0653. The number of ether oxygens (including phenoxy) is 1. The normalized spacial score (nSPS) is 11.1. The molecular weight excluding hydrogens is 322 g/mol. The third kappa shape index (κ3) is 5.13. The molecule has 0 aliphatic rings. The maximum absolute atomic E-state index is 11.9. The molecule has 0 aromatic heterocycles. The van der Waals surface area contributed by atoms with Crippen LogP contribution in [0.2, 0.25) is 0 Å². The summed E-state index contributed by atoms with van der Waals surface area (Å²) in [6.07, 6.45) is 0. The Morgan fingerprint density at radius 1 is 1.20 bits per heavy atom. The van der Waals surface area contributed by atoms with Gasteiger partial charge in [-0.15, -0.1) is 0 Å². The summed E-state index contributed by atoms with van der Waals surface area (Å²) in [5.74, 6) is 0.157. The predicted molar refractivity (Wildman–Crippen MR) is 94.9 cm³/mol. The smallest absolute Gasteiger partial charge is 0.278 e. The van der Waals surface area contributed by atoms with Crippen molar-refractivity contribution in [1.82, 2.24) is 5.43 Å². The van der Waals surface area contributed by atoms with Crippen molar-refractivity contribution in [3.05, 3.63) is 69.3 Å². The van der Waals surface area contributed by atoms with E-state index in [9.17, 15) is 14.9 Å². The van der Waals surface area contributed by atoms with Crippen molar-refractivity contribution in [1.29, 1.82) is 0 Å². The Hall–Kier alpha value is -3.22. The molecule has 0 bridgehead atoms. The SMILES string of the molecule is C/C(=N/NC(=O)COc1cc(C)cc(C)c1)c1ccccc1[N+](=O)[O-]. The standard InChI is InChI=1S/C18H19N3O4/c1-12-8-13(2)10-15(9-12)25-11-18(22)20-19-14(3)16-6-4-5-7-17(16)21(23)24/h4-10H,11H2,1-3H3,(H,20,22)/b19-14-. The lowest BCUT2D eigenvalue weighted by Crippen LogP contribution is -2.25. The molecule has 0 aliphatic heterocycles. The summed E-state index contributed by atoms with van der Waals surface area (Å²) < 4.78 is 5.44. The minimum atomic E-state index is -0.487. The molecule has 0 heterocycles. The third-order valence-corrected chi connectivity index (χ3v) is 3.40. The molecule has 0 radical (unpaired) electrons. The van der Waals surface area contributed by atoms with Gasteiger partial charge in [0.25, 0.3) is 11.6 Å². The lowest BCUT2D eigenvalue weighted by molar-refractivity contribution is -0.385. The van der Waals surface area contributed by atoms with Crippen molar-refractivity contribution in [3.8, 4) is 5.75 Å². The van der Waals surface area contributed by atoms with Gasteiger partial charge >= 0.3 is 0 Å². The fourth-order valence-electron chi connectivity index (χ4n) is 2.34. The van der Waals surface area contributed by atoms with Gasteiger partial charge in [-0.05, 0) is 50.1 Å². The first-order valence-corrected chi connectivity index (χ1v) is 7.65. The number of carbonyl (C=O) groups is 1. The number of hydrogen-bond acceptors (Lipinski definition) is 5. The fourth-order valence-corrected chi connectivity index (χ4v) is 2.34. The average molecular weight is 341 g/mol. The van der Waals surface area contributed by atoms with Gasteiger partial charge < -0.3 is 4.74 Å². The van der Waals surface area contributed by atoms with Gasteiger partial charge in [-0.1, -0.05) is 18.2 Å². The van der Waals surface area contributed by atoms with Gasteiger partial charge in [0.05, 0.1) is 16.2 Å². The van der Waals surface area contributed by atoms with Crippen LogP contribution in [0.5, 0.6) is 5.75 Å². The van der Waals surface area contributed by atoms with Crippen LogP contribution >= 0.6 is 0 Å². The largest absolute Gasteiger partial charge is 0.484 e. The summed E-state index contributed by atoms with van der Waals surface area (Å²) in [4.78, 5) is 22.4. The molecule has 0 aliphatic carbocycles. The second kappa shape index (κ2) is 8.05. The molecule has 2 aromatic carbocycles. The van der Waals surface area contributed by atoms with Crippen LogP contribution in [-0.2, 0) is 4.79 Å². The summed E-state index contributed by atoms with van der Waals surface area (Å²) in [5.41, 5.74) is 5.06. The molecule has 1 N–H and O–H groups in total. The topological polar surface area (TPSA) is 93.8 Å². The molecule has 0 atom stereocenters. The van der Waals surface area contributed by atoms with Crippen LogP contribution in [0.25, 0.3) is 0 Å². The molecule has 7 nitrogen and oxygen atoms in total. The van der Waals surface area contributed by atoms with Crippen LogP contribution in [0.3, 0.4) is 0 Å². The molecule has 1 amide bonds. The molecule has 0 fully saturated rings. The highest BCUT2D eigenvalue weighted by atomic mass is 16.6. The van der Waals surface area contributed by atoms with Gasteiger partial charge in [0.1, 0.15) is 5.75 Å². The summed E-state index contributed by atoms with van der Waals surface area (Å²) in [7, 11) is 0. The summed E-state index contributed by atoms with van der Waals surface area (Å²) in [5, 5.41) is 14.9. The maximum Gasteiger partial charge on any atom is 0.278 e. The number of carbonyl (C=O) groups excluding carboxylic acids is 1. The fraction of sp³-hybridized carbons (Fsp3) is 0.222. The summed E-state index contributed by atoms with van der Waals surface area (Å²) in [6, 6.07) is 11.9. The first kappa shape index (κ1) is 18.1. The molecular formula is C18H19N3O4. The number of hydrogen-bond donors (Lipinski definition) is 1. The number of aryl methyl sites for hydroxylation is 2. The highest BCUT2D eigenvalue weighted by molar-refractivity contribution is 6.02. The highest BCUT2D eigenvalue weighted by Crippen LogP contribution is 2.18. The van der Waals surface area contributed by atoms with Crippen LogP contribution in [0, 0.1) is 24.0 Å². The van der Waals surface area contributed by atoms with E-state index < -0.39 is 10.8 Å². The number of nitrogens with one attached hydrogen (secondary N) is 1. The Labute approximate surface area is 145 Å². The van der Waals surface area contributed by atoms with Crippen molar-refractivity contribution >= 4 is 17.3 Å². The van der Waals surface area contributed by atoms with Gasteiger partial charge in [-0.3, -0.25) is 14.9 Å². The van der Waals surface area contributed by atoms with E-state index in [0.717, 1.165) is 11.1 Å². The molecule has 25 heavy (non-hydrogen) atoms. The number of amides is 1. The first-order valence-electron chi connectivity index (χ1n) is 7.65. The Balaban J connectivity index is 1.99. The zero-order valence-corrected chi connectivity index (χ0v) is 14.3. The van der Waals surface area contributed by atoms with Crippen molar-refractivity contribution < 1.29 is 14.5 Å². The number of nitro groups is 1. The summed E-state index contributed by atoms with van der Waals surface area (Å²) in [6.45, 7) is 5.28. The number of para-hydroxylation sites is 1. The second-order valence-corrected chi connectivity index (χ2v) is 5.62. The van der Waals surface area contributed by atoms with E-state index in [0.29, 0.717) is 17.0 Å². The number of rotatable bonds is 6. The van der Waals surface area contributed by atoms with Crippen molar-refractivity contribution in [2.45, 2.75) is 20.8 Å². The lowest BCUT2D eigenvalue weighted by atomic mass is 10.1. The molecule has 2 rings (SSSR count). The average Bonchev–Trinajstić information content (AvgIpc) is 2.57. The van der Waals surface area contributed by atoms with Gasteiger partial charge in [-0.2, -0.15) is 5.10 Å². The second-order valence-electron chi connectivity index (χ2n) is 5.62.